The molecular weight excluding hydrogens is 392 g/mol. The highest BCUT2D eigenvalue weighted by molar-refractivity contribution is 5.98. The Kier molecular flexibility index (Phi) is 7.53. The maximum atomic E-state index is 12.2. The molecule has 0 saturated heterocycles. The van der Waals surface area contributed by atoms with Crippen LogP contribution in [-0.4, -0.2) is 39.9 Å². The van der Waals surface area contributed by atoms with Gasteiger partial charge in [0.2, 0.25) is 0 Å². The number of carbonyl (C=O) groups excluding carboxylic acids is 2. The molecule has 1 heterocycles. The summed E-state index contributed by atoms with van der Waals surface area (Å²) in [6.45, 7) is 6.54. The first kappa shape index (κ1) is 21.8. The lowest BCUT2D eigenvalue weighted by atomic mass is 10.2. The molecule has 0 aliphatic carbocycles. The minimum absolute atomic E-state index is 0.387. The highest BCUT2D eigenvalue weighted by Crippen LogP contribution is 2.14. The Morgan fingerprint density at radius 3 is 2.39 bits per heavy atom. The van der Waals surface area contributed by atoms with E-state index in [-0.39, 0.29) is 5.91 Å². The summed E-state index contributed by atoms with van der Waals surface area (Å²) >= 11 is 0. The highest BCUT2D eigenvalue weighted by atomic mass is 16.2. The molecule has 2 N–H and O–H groups in total. The second-order valence-corrected chi connectivity index (χ2v) is 6.82. The van der Waals surface area contributed by atoms with Crippen LogP contribution in [0.2, 0.25) is 0 Å². The minimum Gasteiger partial charge on any atom is -0.372 e. The van der Waals surface area contributed by atoms with Gasteiger partial charge in [0.15, 0.2) is 0 Å². The molecule has 8 nitrogen and oxygen atoms in total. The molecule has 3 rings (SSSR count). The summed E-state index contributed by atoms with van der Waals surface area (Å²) in [6.07, 6.45) is 4.57. The fraction of sp³-hybridized carbons (Fsp3) is 0.217. The number of rotatable bonds is 8. The van der Waals surface area contributed by atoms with Gasteiger partial charge in [0, 0.05) is 30.4 Å². The number of amides is 2. The summed E-state index contributed by atoms with van der Waals surface area (Å²) in [5.74, 6) is -0.854. The van der Waals surface area contributed by atoms with Crippen molar-refractivity contribution in [1.29, 1.82) is 0 Å². The molecule has 0 spiro atoms. The van der Waals surface area contributed by atoms with Crippen molar-refractivity contribution in [2.24, 2.45) is 0 Å². The molecule has 2 amide bonds. The van der Waals surface area contributed by atoms with E-state index in [1.54, 1.807) is 23.0 Å². The molecule has 0 unspecified atom stereocenters. The molecule has 0 aliphatic heterocycles. The number of hydrogen-bond acceptors (Lipinski definition) is 5. The molecule has 0 fully saturated rings. The summed E-state index contributed by atoms with van der Waals surface area (Å²) < 4.78 is 1.69. The quantitative estimate of drug-likeness (QED) is 0.433. The first-order valence-corrected chi connectivity index (χ1v) is 10.2. The van der Waals surface area contributed by atoms with Crippen molar-refractivity contribution in [3.05, 3.63) is 83.7 Å². The van der Waals surface area contributed by atoms with Gasteiger partial charge in [-0.15, -0.1) is 5.10 Å². The number of hydrogen-bond donors (Lipinski definition) is 2. The fourth-order valence-corrected chi connectivity index (χ4v) is 3.04. The highest BCUT2D eigenvalue weighted by Gasteiger charge is 2.08. The summed E-state index contributed by atoms with van der Waals surface area (Å²) in [4.78, 5) is 26.4. The van der Waals surface area contributed by atoms with Crippen LogP contribution in [0.15, 0.2) is 66.9 Å². The Labute approximate surface area is 181 Å². The van der Waals surface area contributed by atoms with E-state index in [0.717, 1.165) is 24.3 Å². The number of carbonyl (C=O) groups is 2. The molecule has 31 heavy (non-hydrogen) atoms. The predicted octanol–water partition coefficient (Wildman–Crippen LogP) is 2.65. The largest absolute Gasteiger partial charge is 0.372 e. The van der Waals surface area contributed by atoms with Crippen molar-refractivity contribution >= 4 is 23.6 Å². The number of nitrogens with one attached hydrogen (secondary N) is 2. The third-order valence-electron chi connectivity index (χ3n) is 4.71. The van der Waals surface area contributed by atoms with E-state index in [1.165, 1.54) is 12.2 Å². The van der Waals surface area contributed by atoms with Crippen molar-refractivity contribution in [2.45, 2.75) is 20.4 Å². The summed E-state index contributed by atoms with van der Waals surface area (Å²) in [5.41, 5.74) is 7.93. The zero-order valence-electron chi connectivity index (χ0n) is 17.7. The lowest BCUT2D eigenvalue weighted by Crippen LogP contribution is -2.40. The lowest BCUT2D eigenvalue weighted by molar-refractivity contribution is -0.117. The fourth-order valence-electron chi connectivity index (χ4n) is 3.04. The van der Waals surface area contributed by atoms with Gasteiger partial charge in [0.1, 0.15) is 5.69 Å². The van der Waals surface area contributed by atoms with Gasteiger partial charge in [-0.05, 0) is 49.8 Å². The van der Waals surface area contributed by atoms with Crippen LogP contribution in [0.5, 0.6) is 0 Å². The van der Waals surface area contributed by atoms with Gasteiger partial charge in [-0.1, -0.05) is 35.5 Å². The Morgan fingerprint density at radius 1 is 1.00 bits per heavy atom. The first-order valence-electron chi connectivity index (χ1n) is 10.2. The number of benzene rings is 2. The van der Waals surface area contributed by atoms with E-state index in [9.17, 15) is 9.59 Å². The van der Waals surface area contributed by atoms with Crippen LogP contribution in [-0.2, 0) is 11.3 Å². The maximum absolute atomic E-state index is 12.2. The van der Waals surface area contributed by atoms with E-state index >= 15 is 0 Å². The molecule has 1 aromatic heterocycles. The molecular formula is C23H26N6O2. The topological polar surface area (TPSA) is 92.2 Å². The van der Waals surface area contributed by atoms with Gasteiger partial charge in [-0.25, -0.2) is 4.68 Å². The SMILES string of the molecule is CCN(CC)c1ccc(C(=O)NNC(=O)/C=C/c2cn(Cc3ccccc3)nn2)cc1. The molecule has 0 aliphatic rings. The Hall–Kier alpha value is -3.94. The second-order valence-electron chi connectivity index (χ2n) is 6.82. The van der Waals surface area contributed by atoms with E-state index in [2.05, 4.69) is 39.9 Å². The zero-order chi connectivity index (χ0) is 22.1. The van der Waals surface area contributed by atoms with E-state index < -0.39 is 5.91 Å². The van der Waals surface area contributed by atoms with E-state index in [4.69, 9.17) is 0 Å². The molecule has 0 saturated carbocycles. The molecule has 8 heteroatoms. The van der Waals surface area contributed by atoms with Crippen LogP contribution in [0, 0.1) is 0 Å². The zero-order valence-corrected chi connectivity index (χ0v) is 17.7. The van der Waals surface area contributed by atoms with Crippen molar-refractivity contribution in [3.8, 4) is 0 Å². The third-order valence-corrected chi connectivity index (χ3v) is 4.71. The number of hydrazine groups is 1. The molecule has 0 radical (unpaired) electrons. The normalized spacial score (nSPS) is 10.8. The van der Waals surface area contributed by atoms with Gasteiger partial charge in [0.05, 0.1) is 12.7 Å². The Balaban J connectivity index is 1.48. The summed E-state index contributed by atoms with van der Waals surface area (Å²) in [7, 11) is 0. The van der Waals surface area contributed by atoms with Gasteiger partial charge in [0.25, 0.3) is 11.8 Å². The van der Waals surface area contributed by atoms with Gasteiger partial charge >= 0.3 is 0 Å². The van der Waals surface area contributed by atoms with Crippen LogP contribution in [0.25, 0.3) is 6.08 Å². The van der Waals surface area contributed by atoms with Crippen LogP contribution < -0.4 is 15.8 Å². The summed E-state index contributed by atoms with van der Waals surface area (Å²) in [5, 5.41) is 8.06. The van der Waals surface area contributed by atoms with Gasteiger partial charge in [-0.2, -0.15) is 0 Å². The van der Waals surface area contributed by atoms with Gasteiger partial charge in [-0.3, -0.25) is 20.4 Å². The lowest BCUT2D eigenvalue weighted by Gasteiger charge is -2.21. The van der Waals surface area contributed by atoms with Crippen LogP contribution in [0.1, 0.15) is 35.5 Å². The minimum atomic E-state index is -0.467. The van der Waals surface area contributed by atoms with E-state index in [1.807, 2.05) is 42.5 Å². The standard InChI is InChI=1S/C23H26N6O2/c1-3-28(4-2)21-13-10-19(11-14-21)23(31)26-25-22(30)15-12-20-17-29(27-24-20)16-18-8-6-5-7-9-18/h5-15,17H,3-4,16H2,1-2H3,(H,25,30)(H,26,31)/b15-12+. The molecule has 0 bridgehead atoms. The number of anilines is 1. The average Bonchev–Trinajstić information content (AvgIpc) is 3.25. The monoisotopic (exact) mass is 418 g/mol. The smallest absolute Gasteiger partial charge is 0.269 e. The van der Waals surface area contributed by atoms with Crippen LogP contribution >= 0.6 is 0 Å². The molecule has 160 valence electrons. The predicted molar refractivity (Wildman–Crippen MR) is 120 cm³/mol. The van der Waals surface area contributed by atoms with Crippen molar-refractivity contribution < 1.29 is 9.59 Å². The van der Waals surface area contributed by atoms with E-state index in [0.29, 0.717) is 17.8 Å². The number of aromatic nitrogens is 3. The third kappa shape index (κ3) is 6.27. The Bertz CT molecular complexity index is 1020. The maximum Gasteiger partial charge on any atom is 0.269 e. The Morgan fingerprint density at radius 2 is 1.71 bits per heavy atom. The average molecular weight is 419 g/mol. The van der Waals surface area contributed by atoms with Crippen LogP contribution in [0.3, 0.4) is 0 Å². The van der Waals surface area contributed by atoms with Crippen LogP contribution in [0.4, 0.5) is 5.69 Å². The summed E-state index contributed by atoms with van der Waals surface area (Å²) in [6, 6.07) is 17.1. The first-order chi connectivity index (χ1) is 15.1. The van der Waals surface area contributed by atoms with Gasteiger partial charge < -0.3 is 4.90 Å². The number of nitrogens with zero attached hydrogens (tertiary/aromatic N) is 4. The van der Waals surface area contributed by atoms with Crippen molar-refractivity contribution in [1.82, 2.24) is 25.8 Å². The molecule has 3 aromatic rings. The molecule has 2 aromatic carbocycles. The molecule has 0 atom stereocenters. The second kappa shape index (κ2) is 10.7. The van der Waals surface area contributed by atoms with Crippen molar-refractivity contribution in [3.63, 3.8) is 0 Å². The van der Waals surface area contributed by atoms with Crippen molar-refractivity contribution in [2.75, 3.05) is 18.0 Å².